The van der Waals surface area contributed by atoms with Gasteiger partial charge in [-0.25, -0.2) is 4.79 Å². The van der Waals surface area contributed by atoms with E-state index in [0.717, 1.165) is 31.6 Å². The number of hydrazone groups is 1. The van der Waals surface area contributed by atoms with Crippen molar-refractivity contribution in [3.8, 4) is 0 Å². The fourth-order valence-corrected chi connectivity index (χ4v) is 3.15. The average Bonchev–Trinajstić information content (AvgIpc) is 2.89. The van der Waals surface area contributed by atoms with Crippen molar-refractivity contribution in [3.05, 3.63) is 35.4 Å². The third kappa shape index (κ3) is 2.18. The van der Waals surface area contributed by atoms with Crippen LogP contribution in [0.2, 0.25) is 0 Å². The molecular formula is C15H19N3O2. The second-order valence-corrected chi connectivity index (χ2v) is 5.35. The van der Waals surface area contributed by atoms with E-state index in [1.54, 1.807) is 12.1 Å². The zero-order valence-electron chi connectivity index (χ0n) is 11.5. The molecule has 0 aromatic heterocycles. The molecule has 2 aliphatic rings. The van der Waals surface area contributed by atoms with E-state index >= 15 is 0 Å². The van der Waals surface area contributed by atoms with E-state index in [-0.39, 0.29) is 12.0 Å². The van der Waals surface area contributed by atoms with Crippen LogP contribution in [-0.2, 0) is 0 Å². The molecule has 1 aromatic carbocycles. The molecule has 0 amide bonds. The Morgan fingerprint density at radius 2 is 2.30 bits per heavy atom. The molecule has 0 bridgehead atoms. The largest absolute Gasteiger partial charge is 0.478 e. The molecule has 0 spiro atoms. The van der Waals surface area contributed by atoms with E-state index in [9.17, 15) is 9.90 Å². The highest BCUT2D eigenvalue weighted by Crippen LogP contribution is 2.33. The topological polar surface area (TPSA) is 64.9 Å². The number of rotatable bonds is 3. The molecule has 2 unspecified atom stereocenters. The summed E-state index contributed by atoms with van der Waals surface area (Å²) in [7, 11) is 0. The number of nitrogens with zero attached hydrogens (tertiary/aromatic N) is 2. The lowest BCUT2D eigenvalue weighted by molar-refractivity contribution is 0.0694. The molecule has 2 aliphatic heterocycles. The number of hydrogen-bond donors (Lipinski definition) is 2. The van der Waals surface area contributed by atoms with Gasteiger partial charge in [0, 0.05) is 31.1 Å². The molecule has 1 fully saturated rings. The van der Waals surface area contributed by atoms with Gasteiger partial charge >= 0.3 is 5.97 Å². The Morgan fingerprint density at radius 1 is 1.50 bits per heavy atom. The SMILES string of the molecule is CCN1CCC2=NNC(c3ccccc3C(=O)O)C2C1. The lowest BCUT2D eigenvalue weighted by Gasteiger charge is -2.33. The minimum absolute atomic E-state index is 0.0216. The Morgan fingerprint density at radius 3 is 3.05 bits per heavy atom. The number of piperidine rings is 1. The third-order valence-corrected chi connectivity index (χ3v) is 4.29. The molecule has 2 N–H and O–H groups in total. The van der Waals surface area contributed by atoms with E-state index < -0.39 is 5.97 Å². The number of likely N-dealkylation sites (tertiary alicyclic amines) is 1. The minimum atomic E-state index is -0.876. The average molecular weight is 273 g/mol. The van der Waals surface area contributed by atoms with Gasteiger partial charge in [-0.2, -0.15) is 5.10 Å². The fraction of sp³-hybridized carbons (Fsp3) is 0.467. The lowest BCUT2D eigenvalue weighted by atomic mass is 9.84. The molecule has 5 heteroatoms. The quantitative estimate of drug-likeness (QED) is 0.880. The number of aromatic carboxylic acids is 1. The van der Waals surface area contributed by atoms with E-state index in [4.69, 9.17) is 0 Å². The summed E-state index contributed by atoms with van der Waals surface area (Å²) in [6.07, 6.45) is 0.969. The second-order valence-electron chi connectivity index (χ2n) is 5.35. The van der Waals surface area contributed by atoms with Crippen molar-refractivity contribution in [1.29, 1.82) is 0 Å². The van der Waals surface area contributed by atoms with Gasteiger partial charge in [0.05, 0.1) is 11.6 Å². The van der Waals surface area contributed by atoms with Crippen LogP contribution in [0.1, 0.15) is 35.3 Å². The lowest BCUT2D eigenvalue weighted by Crippen LogP contribution is -2.42. The van der Waals surface area contributed by atoms with Crippen LogP contribution in [-0.4, -0.2) is 41.3 Å². The van der Waals surface area contributed by atoms with Crippen LogP contribution in [0.15, 0.2) is 29.4 Å². The van der Waals surface area contributed by atoms with Gasteiger partial charge in [-0.15, -0.1) is 0 Å². The summed E-state index contributed by atoms with van der Waals surface area (Å²) >= 11 is 0. The van der Waals surface area contributed by atoms with Gasteiger partial charge in [-0.1, -0.05) is 25.1 Å². The van der Waals surface area contributed by atoms with E-state index in [2.05, 4.69) is 22.4 Å². The van der Waals surface area contributed by atoms with E-state index in [0.29, 0.717) is 5.56 Å². The Hall–Kier alpha value is -1.88. The maximum absolute atomic E-state index is 11.4. The summed E-state index contributed by atoms with van der Waals surface area (Å²) in [6.45, 7) is 5.17. The molecule has 1 aromatic rings. The molecule has 0 radical (unpaired) electrons. The number of carboxylic acids is 1. The summed E-state index contributed by atoms with van der Waals surface area (Å²) < 4.78 is 0. The first-order chi connectivity index (χ1) is 9.70. The molecule has 106 valence electrons. The second kappa shape index (κ2) is 5.25. The number of benzene rings is 1. The predicted molar refractivity (Wildman–Crippen MR) is 76.9 cm³/mol. The van der Waals surface area contributed by atoms with Gasteiger partial charge in [0.25, 0.3) is 0 Å². The smallest absolute Gasteiger partial charge is 0.336 e. The van der Waals surface area contributed by atoms with Crippen LogP contribution in [0.5, 0.6) is 0 Å². The molecular weight excluding hydrogens is 254 g/mol. The fourth-order valence-electron chi connectivity index (χ4n) is 3.15. The van der Waals surface area contributed by atoms with Gasteiger partial charge < -0.3 is 15.4 Å². The first kappa shape index (κ1) is 13.1. The maximum atomic E-state index is 11.4. The highest BCUT2D eigenvalue weighted by molar-refractivity contribution is 5.92. The summed E-state index contributed by atoms with van der Waals surface area (Å²) in [5.74, 6) is -0.594. The summed E-state index contributed by atoms with van der Waals surface area (Å²) in [5.41, 5.74) is 5.54. The number of fused-ring (bicyclic) bond motifs is 1. The molecule has 0 saturated carbocycles. The van der Waals surface area contributed by atoms with Crippen molar-refractivity contribution in [2.24, 2.45) is 11.0 Å². The standard InChI is InChI=1S/C15H19N3O2/c1-2-18-8-7-13-12(9-18)14(17-16-13)10-5-3-4-6-11(10)15(19)20/h3-6,12,14,17H,2,7-9H2,1H3,(H,19,20). The van der Waals surface area contributed by atoms with Crippen LogP contribution in [0.25, 0.3) is 0 Å². The Balaban J connectivity index is 1.90. The van der Waals surface area contributed by atoms with E-state index in [1.165, 1.54) is 5.71 Å². The molecule has 3 rings (SSSR count). The van der Waals surface area contributed by atoms with Crippen molar-refractivity contribution in [2.75, 3.05) is 19.6 Å². The number of hydrogen-bond acceptors (Lipinski definition) is 4. The van der Waals surface area contributed by atoms with Crippen LogP contribution in [0.3, 0.4) is 0 Å². The van der Waals surface area contributed by atoms with Crippen molar-refractivity contribution in [1.82, 2.24) is 10.3 Å². The normalized spacial score (nSPS) is 25.8. The Kier molecular flexibility index (Phi) is 3.44. The molecule has 20 heavy (non-hydrogen) atoms. The summed E-state index contributed by atoms with van der Waals surface area (Å²) in [4.78, 5) is 13.8. The van der Waals surface area contributed by atoms with Gasteiger partial charge in [-0.05, 0) is 18.2 Å². The summed E-state index contributed by atoms with van der Waals surface area (Å²) in [6, 6.07) is 7.19. The van der Waals surface area contributed by atoms with Crippen LogP contribution < -0.4 is 5.43 Å². The maximum Gasteiger partial charge on any atom is 0.336 e. The van der Waals surface area contributed by atoms with Crippen molar-refractivity contribution in [2.45, 2.75) is 19.4 Å². The first-order valence-corrected chi connectivity index (χ1v) is 7.07. The van der Waals surface area contributed by atoms with Crippen molar-refractivity contribution >= 4 is 11.7 Å². The van der Waals surface area contributed by atoms with Crippen LogP contribution >= 0.6 is 0 Å². The minimum Gasteiger partial charge on any atom is -0.478 e. The summed E-state index contributed by atoms with van der Waals surface area (Å²) in [5, 5.41) is 13.8. The number of carboxylic acid groups (broad SMARTS) is 1. The molecule has 1 saturated heterocycles. The molecule has 5 nitrogen and oxygen atoms in total. The van der Waals surface area contributed by atoms with Gasteiger partial charge in [0.1, 0.15) is 0 Å². The Labute approximate surface area is 118 Å². The van der Waals surface area contributed by atoms with Crippen LogP contribution in [0.4, 0.5) is 0 Å². The molecule has 2 heterocycles. The van der Waals surface area contributed by atoms with Gasteiger partial charge in [0.2, 0.25) is 0 Å². The first-order valence-electron chi connectivity index (χ1n) is 7.07. The van der Waals surface area contributed by atoms with Crippen molar-refractivity contribution < 1.29 is 9.90 Å². The highest BCUT2D eigenvalue weighted by atomic mass is 16.4. The van der Waals surface area contributed by atoms with Gasteiger partial charge in [0.15, 0.2) is 0 Å². The predicted octanol–water partition coefficient (Wildman–Crippen LogP) is 1.73. The zero-order valence-corrected chi connectivity index (χ0v) is 11.5. The number of carbonyl (C=O) groups is 1. The molecule has 0 aliphatic carbocycles. The zero-order chi connectivity index (χ0) is 14.1. The Bertz CT molecular complexity index is 556. The van der Waals surface area contributed by atoms with Crippen molar-refractivity contribution in [3.63, 3.8) is 0 Å². The van der Waals surface area contributed by atoms with E-state index in [1.807, 2.05) is 12.1 Å². The van der Waals surface area contributed by atoms with Gasteiger partial charge in [-0.3, -0.25) is 0 Å². The van der Waals surface area contributed by atoms with Crippen LogP contribution in [0, 0.1) is 5.92 Å². The molecule has 2 atom stereocenters. The monoisotopic (exact) mass is 273 g/mol. The third-order valence-electron chi connectivity index (χ3n) is 4.29. The highest BCUT2D eigenvalue weighted by Gasteiger charge is 2.37. The number of nitrogens with one attached hydrogen (secondary N) is 1.